The van der Waals surface area contributed by atoms with Gasteiger partial charge in [-0.2, -0.15) is 0 Å². The van der Waals surface area contributed by atoms with Crippen molar-refractivity contribution in [3.63, 3.8) is 0 Å². The summed E-state index contributed by atoms with van der Waals surface area (Å²) in [6, 6.07) is 5.15. The Morgan fingerprint density at radius 3 is 2.95 bits per heavy atom. The molecule has 0 aliphatic carbocycles. The Balaban J connectivity index is 2.03. The van der Waals surface area contributed by atoms with Gasteiger partial charge in [-0.15, -0.1) is 0 Å². The largest absolute Gasteiger partial charge is 0.383 e. The maximum atomic E-state index is 13.2. The molecule has 1 aromatic rings. The van der Waals surface area contributed by atoms with E-state index < -0.39 is 15.8 Å². The first-order valence-electron chi connectivity index (χ1n) is 7.43. The molecule has 1 aliphatic heterocycles. The summed E-state index contributed by atoms with van der Waals surface area (Å²) in [5.41, 5.74) is 0. The Kier molecular flexibility index (Phi) is 5.91. The Labute approximate surface area is 131 Å². The zero-order valence-corrected chi connectivity index (χ0v) is 13.8. The first-order valence-corrected chi connectivity index (χ1v) is 8.91. The monoisotopic (exact) mass is 330 g/mol. The van der Waals surface area contributed by atoms with E-state index in [9.17, 15) is 12.8 Å². The van der Waals surface area contributed by atoms with Crippen LogP contribution in [0.4, 0.5) is 4.39 Å². The molecular formula is C15H23FN2O3S. The van der Waals surface area contributed by atoms with E-state index in [2.05, 4.69) is 16.5 Å². The SMILES string of the molecule is COCC(C)N1CCCC(NS(=O)(=O)c2cccc(F)c2)C1. The van der Waals surface area contributed by atoms with Crippen LogP contribution < -0.4 is 4.72 Å². The summed E-state index contributed by atoms with van der Waals surface area (Å²) >= 11 is 0. The zero-order chi connectivity index (χ0) is 16.2. The minimum atomic E-state index is -3.69. The molecule has 5 nitrogen and oxygen atoms in total. The van der Waals surface area contributed by atoms with Crippen LogP contribution in [0, 0.1) is 5.82 Å². The molecule has 22 heavy (non-hydrogen) atoms. The number of hydrogen-bond acceptors (Lipinski definition) is 4. The lowest BCUT2D eigenvalue weighted by molar-refractivity contribution is 0.0786. The predicted molar refractivity (Wildman–Crippen MR) is 82.7 cm³/mol. The van der Waals surface area contributed by atoms with Gasteiger partial charge in [-0.25, -0.2) is 17.5 Å². The van der Waals surface area contributed by atoms with Gasteiger partial charge in [0.1, 0.15) is 5.82 Å². The molecule has 124 valence electrons. The van der Waals surface area contributed by atoms with Crippen LogP contribution in [-0.2, 0) is 14.8 Å². The van der Waals surface area contributed by atoms with E-state index in [1.807, 2.05) is 0 Å². The molecule has 0 amide bonds. The second-order valence-electron chi connectivity index (χ2n) is 5.72. The Hall–Kier alpha value is -1.02. The second kappa shape index (κ2) is 7.50. The molecule has 0 bridgehead atoms. The number of halogens is 1. The molecule has 1 aliphatic rings. The highest BCUT2D eigenvalue weighted by Crippen LogP contribution is 2.17. The van der Waals surface area contributed by atoms with Crippen LogP contribution in [0.5, 0.6) is 0 Å². The van der Waals surface area contributed by atoms with Crippen molar-refractivity contribution in [1.82, 2.24) is 9.62 Å². The van der Waals surface area contributed by atoms with E-state index in [4.69, 9.17) is 4.74 Å². The number of nitrogens with one attached hydrogen (secondary N) is 1. The van der Waals surface area contributed by atoms with Crippen molar-refractivity contribution < 1.29 is 17.5 Å². The summed E-state index contributed by atoms with van der Waals surface area (Å²) in [6.45, 7) is 4.25. The van der Waals surface area contributed by atoms with Crippen LogP contribution in [0.2, 0.25) is 0 Å². The highest BCUT2D eigenvalue weighted by Gasteiger charge is 2.27. The Morgan fingerprint density at radius 1 is 1.50 bits per heavy atom. The fourth-order valence-electron chi connectivity index (χ4n) is 2.77. The molecule has 1 saturated heterocycles. The lowest BCUT2D eigenvalue weighted by Crippen LogP contribution is -2.51. The number of ether oxygens (including phenoxy) is 1. The van der Waals surface area contributed by atoms with Crippen LogP contribution in [0.15, 0.2) is 29.2 Å². The molecule has 1 heterocycles. The molecule has 1 N–H and O–H groups in total. The predicted octanol–water partition coefficient (Wildman–Crippen LogP) is 1.60. The minimum absolute atomic E-state index is 0.0328. The molecule has 2 unspecified atom stereocenters. The summed E-state index contributed by atoms with van der Waals surface area (Å²) in [4.78, 5) is 2.18. The van der Waals surface area contributed by atoms with Crippen LogP contribution in [-0.4, -0.2) is 52.2 Å². The summed E-state index contributed by atoms with van der Waals surface area (Å²) < 4.78 is 45.7. The van der Waals surface area contributed by atoms with E-state index >= 15 is 0 Å². The number of nitrogens with zero attached hydrogens (tertiary/aromatic N) is 1. The quantitative estimate of drug-likeness (QED) is 0.861. The van der Waals surface area contributed by atoms with E-state index in [-0.39, 0.29) is 17.0 Å². The molecular weight excluding hydrogens is 307 g/mol. The first-order chi connectivity index (χ1) is 10.4. The lowest BCUT2D eigenvalue weighted by Gasteiger charge is -2.36. The fraction of sp³-hybridized carbons (Fsp3) is 0.600. The van der Waals surface area contributed by atoms with Gasteiger partial charge in [0, 0.05) is 25.7 Å². The molecule has 0 radical (unpaired) electrons. The summed E-state index contributed by atoms with van der Waals surface area (Å²) in [7, 11) is -2.03. The highest BCUT2D eigenvalue weighted by molar-refractivity contribution is 7.89. The van der Waals surface area contributed by atoms with Crippen molar-refractivity contribution in [2.45, 2.75) is 36.7 Å². The van der Waals surface area contributed by atoms with Crippen LogP contribution in [0.1, 0.15) is 19.8 Å². The van der Waals surface area contributed by atoms with Gasteiger partial charge in [-0.1, -0.05) is 6.07 Å². The van der Waals surface area contributed by atoms with Crippen molar-refractivity contribution in [2.75, 3.05) is 26.8 Å². The minimum Gasteiger partial charge on any atom is -0.383 e. The number of benzene rings is 1. The lowest BCUT2D eigenvalue weighted by atomic mass is 10.1. The molecule has 2 rings (SSSR count). The van der Waals surface area contributed by atoms with Gasteiger partial charge in [0.05, 0.1) is 11.5 Å². The molecule has 1 fully saturated rings. The number of piperidine rings is 1. The van der Waals surface area contributed by atoms with Gasteiger partial charge >= 0.3 is 0 Å². The third-order valence-electron chi connectivity index (χ3n) is 3.91. The van der Waals surface area contributed by atoms with E-state index in [0.29, 0.717) is 13.2 Å². The van der Waals surface area contributed by atoms with E-state index in [1.165, 1.54) is 18.2 Å². The number of sulfonamides is 1. The van der Waals surface area contributed by atoms with Crippen molar-refractivity contribution in [3.8, 4) is 0 Å². The van der Waals surface area contributed by atoms with Crippen LogP contribution in [0.3, 0.4) is 0 Å². The van der Waals surface area contributed by atoms with Crippen molar-refractivity contribution >= 4 is 10.0 Å². The second-order valence-corrected chi connectivity index (χ2v) is 7.43. The third-order valence-corrected chi connectivity index (χ3v) is 5.43. The zero-order valence-electron chi connectivity index (χ0n) is 13.0. The molecule has 1 aromatic carbocycles. The van der Waals surface area contributed by atoms with Gasteiger partial charge in [0.15, 0.2) is 0 Å². The topological polar surface area (TPSA) is 58.6 Å². The summed E-state index contributed by atoms with van der Waals surface area (Å²) in [5.74, 6) is -0.554. The van der Waals surface area contributed by atoms with Gasteiger partial charge in [-0.3, -0.25) is 4.90 Å². The van der Waals surface area contributed by atoms with Crippen molar-refractivity contribution in [2.24, 2.45) is 0 Å². The van der Waals surface area contributed by atoms with Gasteiger partial charge in [0.2, 0.25) is 10.0 Å². The third kappa shape index (κ3) is 4.49. The Bertz CT molecular complexity index is 594. The molecule has 0 spiro atoms. The fourth-order valence-corrected chi connectivity index (χ4v) is 4.06. The normalized spacial score (nSPS) is 21.7. The number of likely N-dealkylation sites (tertiary alicyclic amines) is 1. The van der Waals surface area contributed by atoms with Crippen molar-refractivity contribution in [3.05, 3.63) is 30.1 Å². The van der Waals surface area contributed by atoms with Gasteiger partial charge in [0.25, 0.3) is 0 Å². The number of rotatable bonds is 6. The van der Waals surface area contributed by atoms with Crippen LogP contribution >= 0.6 is 0 Å². The summed E-state index contributed by atoms with van der Waals surface area (Å²) in [6.07, 6.45) is 1.70. The van der Waals surface area contributed by atoms with Gasteiger partial charge in [-0.05, 0) is 44.5 Å². The molecule has 0 aromatic heterocycles. The maximum Gasteiger partial charge on any atom is 0.240 e. The number of hydrogen-bond donors (Lipinski definition) is 1. The molecule has 2 atom stereocenters. The molecule has 0 saturated carbocycles. The highest BCUT2D eigenvalue weighted by atomic mass is 32.2. The average molecular weight is 330 g/mol. The number of methoxy groups -OCH3 is 1. The molecule has 7 heteroatoms. The smallest absolute Gasteiger partial charge is 0.240 e. The van der Waals surface area contributed by atoms with Crippen LogP contribution in [0.25, 0.3) is 0 Å². The first kappa shape index (κ1) is 17.3. The van der Waals surface area contributed by atoms with Gasteiger partial charge < -0.3 is 4.74 Å². The standard InChI is InChI=1S/C15H23FN2O3S/c1-12(11-21-2)18-8-4-6-14(10-18)17-22(19,20)15-7-3-5-13(16)9-15/h3,5,7,9,12,14,17H,4,6,8,10-11H2,1-2H3. The average Bonchev–Trinajstić information content (AvgIpc) is 2.47. The van der Waals surface area contributed by atoms with E-state index in [1.54, 1.807) is 7.11 Å². The Morgan fingerprint density at radius 2 is 2.27 bits per heavy atom. The van der Waals surface area contributed by atoms with Crippen molar-refractivity contribution in [1.29, 1.82) is 0 Å². The maximum absolute atomic E-state index is 13.2. The van der Waals surface area contributed by atoms with E-state index in [0.717, 1.165) is 25.5 Å². The summed E-state index contributed by atoms with van der Waals surface area (Å²) in [5, 5.41) is 0.